The van der Waals surface area contributed by atoms with Gasteiger partial charge in [0.15, 0.2) is 0 Å². The molecule has 2 aromatic rings. The zero-order chi connectivity index (χ0) is 12.4. The van der Waals surface area contributed by atoms with Gasteiger partial charge in [-0.15, -0.1) is 0 Å². The predicted molar refractivity (Wildman–Crippen MR) is 68.4 cm³/mol. The standard InChI is InChI=1S/C13H9Cl2FO/c1-17-12-6-5-8(16)7-10(12)9-3-2-4-11(14)13(9)15/h2-7H,1H3. The van der Waals surface area contributed by atoms with Gasteiger partial charge in [-0.1, -0.05) is 35.3 Å². The van der Waals surface area contributed by atoms with E-state index < -0.39 is 0 Å². The maximum absolute atomic E-state index is 13.3. The van der Waals surface area contributed by atoms with E-state index in [4.69, 9.17) is 27.9 Å². The fourth-order valence-electron chi connectivity index (χ4n) is 1.60. The summed E-state index contributed by atoms with van der Waals surface area (Å²) < 4.78 is 18.5. The van der Waals surface area contributed by atoms with Crippen molar-refractivity contribution in [2.75, 3.05) is 7.11 Å². The molecule has 0 atom stereocenters. The lowest BCUT2D eigenvalue weighted by atomic mass is 10.0. The van der Waals surface area contributed by atoms with E-state index in [0.29, 0.717) is 26.9 Å². The van der Waals surface area contributed by atoms with E-state index in [1.807, 2.05) is 0 Å². The third kappa shape index (κ3) is 2.38. The first-order chi connectivity index (χ1) is 8.13. The molecule has 0 amide bonds. The lowest BCUT2D eigenvalue weighted by Crippen LogP contribution is -1.90. The monoisotopic (exact) mass is 270 g/mol. The minimum Gasteiger partial charge on any atom is -0.496 e. The van der Waals surface area contributed by atoms with Crippen molar-refractivity contribution in [2.24, 2.45) is 0 Å². The summed E-state index contributed by atoms with van der Waals surface area (Å²) in [5.74, 6) is 0.201. The molecule has 0 bridgehead atoms. The number of methoxy groups -OCH3 is 1. The molecule has 17 heavy (non-hydrogen) atoms. The van der Waals surface area contributed by atoms with E-state index in [1.165, 1.54) is 19.2 Å². The van der Waals surface area contributed by atoms with Crippen molar-refractivity contribution in [1.29, 1.82) is 0 Å². The first kappa shape index (κ1) is 12.2. The van der Waals surface area contributed by atoms with E-state index in [0.717, 1.165) is 0 Å². The van der Waals surface area contributed by atoms with E-state index in [-0.39, 0.29) is 5.82 Å². The number of ether oxygens (including phenoxy) is 1. The smallest absolute Gasteiger partial charge is 0.126 e. The number of halogens is 3. The van der Waals surface area contributed by atoms with Crippen molar-refractivity contribution < 1.29 is 9.13 Å². The molecule has 0 aliphatic heterocycles. The Morgan fingerprint density at radius 1 is 1.06 bits per heavy atom. The molecule has 0 saturated carbocycles. The molecule has 2 rings (SSSR count). The number of hydrogen-bond acceptors (Lipinski definition) is 1. The number of rotatable bonds is 2. The highest BCUT2D eigenvalue weighted by Crippen LogP contribution is 2.38. The van der Waals surface area contributed by atoms with Crippen molar-refractivity contribution >= 4 is 23.2 Å². The zero-order valence-electron chi connectivity index (χ0n) is 9.01. The maximum atomic E-state index is 13.3. The molecular formula is C13H9Cl2FO. The van der Waals surface area contributed by atoms with Gasteiger partial charge in [-0.25, -0.2) is 4.39 Å². The van der Waals surface area contributed by atoms with Crippen molar-refractivity contribution in [3.8, 4) is 16.9 Å². The molecule has 0 aromatic heterocycles. The average molecular weight is 271 g/mol. The molecule has 0 heterocycles. The maximum Gasteiger partial charge on any atom is 0.126 e. The van der Waals surface area contributed by atoms with Gasteiger partial charge in [0, 0.05) is 11.1 Å². The zero-order valence-corrected chi connectivity index (χ0v) is 10.5. The Balaban J connectivity index is 2.67. The van der Waals surface area contributed by atoms with Gasteiger partial charge in [0.25, 0.3) is 0 Å². The molecule has 0 saturated heterocycles. The summed E-state index contributed by atoms with van der Waals surface area (Å²) in [6, 6.07) is 9.47. The van der Waals surface area contributed by atoms with Crippen molar-refractivity contribution in [2.45, 2.75) is 0 Å². The van der Waals surface area contributed by atoms with Crippen LogP contribution in [-0.2, 0) is 0 Å². The summed E-state index contributed by atoms with van der Waals surface area (Å²) >= 11 is 12.0. The fourth-order valence-corrected chi connectivity index (χ4v) is 2.00. The Labute approximate surface area is 109 Å². The van der Waals surface area contributed by atoms with Gasteiger partial charge in [-0.3, -0.25) is 0 Å². The largest absolute Gasteiger partial charge is 0.496 e. The Kier molecular flexibility index (Phi) is 3.55. The topological polar surface area (TPSA) is 9.23 Å². The molecule has 88 valence electrons. The Morgan fingerprint density at radius 2 is 1.82 bits per heavy atom. The molecule has 2 aromatic carbocycles. The lowest BCUT2D eigenvalue weighted by Gasteiger charge is -2.10. The molecule has 0 spiro atoms. The molecule has 0 aliphatic rings. The highest BCUT2D eigenvalue weighted by molar-refractivity contribution is 6.43. The van der Waals surface area contributed by atoms with Crippen molar-refractivity contribution in [1.82, 2.24) is 0 Å². The van der Waals surface area contributed by atoms with E-state index in [1.54, 1.807) is 24.3 Å². The van der Waals surface area contributed by atoms with E-state index in [9.17, 15) is 4.39 Å². The van der Waals surface area contributed by atoms with Gasteiger partial charge in [0.2, 0.25) is 0 Å². The van der Waals surface area contributed by atoms with Crippen molar-refractivity contribution in [3.63, 3.8) is 0 Å². The van der Waals surface area contributed by atoms with Crippen LogP contribution < -0.4 is 4.74 Å². The summed E-state index contributed by atoms with van der Waals surface area (Å²) in [5.41, 5.74) is 1.23. The summed E-state index contributed by atoms with van der Waals surface area (Å²) in [6.07, 6.45) is 0. The first-order valence-electron chi connectivity index (χ1n) is 4.91. The second-order valence-corrected chi connectivity index (χ2v) is 4.23. The van der Waals surface area contributed by atoms with Crippen LogP contribution in [0.1, 0.15) is 0 Å². The third-order valence-electron chi connectivity index (χ3n) is 2.40. The van der Waals surface area contributed by atoms with Crippen LogP contribution >= 0.6 is 23.2 Å². The van der Waals surface area contributed by atoms with Crippen LogP contribution in [-0.4, -0.2) is 7.11 Å². The number of hydrogen-bond donors (Lipinski definition) is 0. The van der Waals surface area contributed by atoms with Crippen molar-refractivity contribution in [3.05, 3.63) is 52.3 Å². The minimum atomic E-state index is -0.350. The molecule has 4 heteroatoms. The highest BCUT2D eigenvalue weighted by atomic mass is 35.5. The summed E-state index contributed by atoms with van der Waals surface area (Å²) in [5, 5.41) is 0.813. The SMILES string of the molecule is COc1ccc(F)cc1-c1cccc(Cl)c1Cl. The summed E-state index contributed by atoms with van der Waals surface area (Å²) in [6.45, 7) is 0. The Bertz CT molecular complexity index is 555. The van der Waals surface area contributed by atoms with Crippen LogP contribution in [0.15, 0.2) is 36.4 Å². The molecular weight excluding hydrogens is 262 g/mol. The molecule has 0 aliphatic carbocycles. The van der Waals surface area contributed by atoms with Gasteiger partial charge in [-0.05, 0) is 24.3 Å². The molecule has 0 fully saturated rings. The van der Waals surface area contributed by atoms with E-state index >= 15 is 0 Å². The summed E-state index contributed by atoms with van der Waals surface area (Å²) in [7, 11) is 1.52. The Hall–Kier alpha value is -1.25. The third-order valence-corrected chi connectivity index (χ3v) is 3.22. The fraction of sp³-hybridized carbons (Fsp3) is 0.0769. The van der Waals surface area contributed by atoms with Gasteiger partial charge in [0.05, 0.1) is 17.2 Å². The van der Waals surface area contributed by atoms with Gasteiger partial charge in [-0.2, -0.15) is 0 Å². The molecule has 1 nitrogen and oxygen atoms in total. The van der Waals surface area contributed by atoms with Crippen LogP contribution in [0.3, 0.4) is 0 Å². The molecule has 0 N–H and O–H groups in total. The number of benzene rings is 2. The van der Waals surface area contributed by atoms with Crippen LogP contribution in [0.25, 0.3) is 11.1 Å². The van der Waals surface area contributed by atoms with Crippen LogP contribution in [0.2, 0.25) is 10.0 Å². The second kappa shape index (κ2) is 4.94. The Morgan fingerprint density at radius 3 is 2.53 bits per heavy atom. The van der Waals surface area contributed by atoms with Gasteiger partial charge in [0.1, 0.15) is 11.6 Å². The quantitative estimate of drug-likeness (QED) is 0.761. The van der Waals surface area contributed by atoms with Gasteiger partial charge >= 0.3 is 0 Å². The minimum absolute atomic E-state index is 0.350. The predicted octanol–water partition coefficient (Wildman–Crippen LogP) is 4.81. The second-order valence-electron chi connectivity index (χ2n) is 3.45. The normalized spacial score (nSPS) is 10.4. The first-order valence-corrected chi connectivity index (χ1v) is 5.67. The average Bonchev–Trinajstić information content (AvgIpc) is 2.33. The summed E-state index contributed by atoms with van der Waals surface area (Å²) in [4.78, 5) is 0. The van der Waals surface area contributed by atoms with Crippen LogP contribution in [0.5, 0.6) is 5.75 Å². The lowest BCUT2D eigenvalue weighted by molar-refractivity contribution is 0.415. The van der Waals surface area contributed by atoms with Gasteiger partial charge < -0.3 is 4.74 Å². The molecule has 0 radical (unpaired) electrons. The molecule has 0 unspecified atom stereocenters. The highest BCUT2D eigenvalue weighted by Gasteiger charge is 2.12. The van der Waals surface area contributed by atoms with E-state index in [2.05, 4.69) is 0 Å². The van der Waals surface area contributed by atoms with Crippen LogP contribution in [0, 0.1) is 5.82 Å². The van der Waals surface area contributed by atoms with Crippen LogP contribution in [0.4, 0.5) is 4.39 Å².